The highest BCUT2D eigenvalue weighted by Crippen LogP contribution is 2.23. The molecule has 4 heteroatoms. The van der Waals surface area contributed by atoms with Crippen LogP contribution in [-0.2, 0) is 0 Å². The third kappa shape index (κ3) is 2.50. The van der Waals surface area contributed by atoms with E-state index < -0.39 is 0 Å². The van der Waals surface area contributed by atoms with Gasteiger partial charge in [-0.05, 0) is 26.0 Å². The molecule has 0 amide bonds. The van der Waals surface area contributed by atoms with E-state index in [1.165, 1.54) is 17.2 Å². The summed E-state index contributed by atoms with van der Waals surface area (Å²) < 4.78 is 0. The fraction of sp³-hybridized carbons (Fsp3) is 0.583. The highest BCUT2D eigenvalue weighted by atomic mass is 32.2. The zero-order valence-corrected chi connectivity index (χ0v) is 10.7. The second-order valence-corrected chi connectivity index (χ2v) is 5.50. The normalized spacial score (nSPS) is 23.2. The van der Waals surface area contributed by atoms with E-state index in [1.807, 2.05) is 30.9 Å². The van der Waals surface area contributed by atoms with E-state index in [-0.39, 0.29) is 6.04 Å². The Morgan fingerprint density at radius 2 is 2.38 bits per heavy atom. The molecular formula is C12H19N3S. The fourth-order valence-electron chi connectivity index (χ4n) is 1.95. The Hall–Kier alpha value is -0.740. The van der Waals surface area contributed by atoms with Crippen LogP contribution in [0.5, 0.6) is 0 Å². The van der Waals surface area contributed by atoms with Crippen molar-refractivity contribution in [1.82, 2.24) is 4.98 Å². The highest BCUT2D eigenvalue weighted by molar-refractivity contribution is 7.99. The van der Waals surface area contributed by atoms with E-state index in [4.69, 9.17) is 5.73 Å². The van der Waals surface area contributed by atoms with Gasteiger partial charge < -0.3 is 10.6 Å². The zero-order valence-electron chi connectivity index (χ0n) is 9.89. The number of nitrogens with two attached hydrogens (primary N) is 1. The van der Waals surface area contributed by atoms with Gasteiger partial charge in [0.15, 0.2) is 0 Å². The van der Waals surface area contributed by atoms with E-state index in [0.29, 0.717) is 6.04 Å². The quantitative estimate of drug-likeness (QED) is 0.855. The number of hydrogen-bond acceptors (Lipinski definition) is 4. The standard InChI is InChI=1S/C12H19N3S/c1-9-8-16-6-5-15(9)11-3-4-12(10(2)13)14-7-11/h3-4,7,9-10H,5-6,8,13H2,1-2H3/t9?,10-/m1/s1. The van der Waals surface area contributed by atoms with Crippen LogP contribution in [0.3, 0.4) is 0 Å². The van der Waals surface area contributed by atoms with Crippen LogP contribution in [0.1, 0.15) is 25.6 Å². The minimum atomic E-state index is 0.0170. The molecule has 0 saturated carbocycles. The SMILES string of the molecule is CC1CSCCN1c1ccc([C@@H](C)N)nc1. The summed E-state index contributed by atoms with van der Waals surface area (Å²) in [5.41, 5.74) is 7.97. The first-order valence-electron chi connectivity index (χ1n) is 5.74. The smallest absolute Gasteiger partial charge is 0.0569 e. The van der Waals surface area contributed by atoms with Crippen molar-refractivity contribution in [3.63, 3.8) is 0 Å². The summed E-state index contributed by atoms with van der Waals surface area (Å²) in [6, 6.07) is 4.79. The Bertz CT molecular complexity index is 337. The predicted molar refractivity (Wildman–Crippen MR) is 71.0 cm³/mol. The summed E-state index contributed by atoms with van der Waals surface area (Å²) in [6.07, 6.45) is 1.95. The topological polar surface area (TPSA) is 42.1 Å². The van der Waals surface area contributed by atoms with Gasteiger partial charge in [-0.15, -0.1) is 0 Å². The lowest BCUT2D eigenvalue weighted by Gasteiger charge is -2.34. The molecule has 1 aromatic rings. The average Bonchev–Trinajstić information content (AvgIpc) is 2.30. The van der Waals surface area contributed by atoms with Gasteiger partial charge in [0.1, 0.15) is 0 Å². The van der Waals surface area contributed by atoms with Crippen molar-refractivity contribution < 1.29 is 0 Å². The van der Waals surface area contributed by atoms with Gasteiger partial charge in [0.25, 0.3) is 0 Å². The van der Waals surface area contributed by atoms with Crippen molar-refractivity contribution in [2.45, 2.75) is 25.9 Å². The van der Waals surface area contributed by atoms with Gasteiger partial charge in [-0.1, -0.05) is 0 Å². The molecule has 0 aliphatic carbocycles. The van der Waals surface area contributed by atoms with Gasteiger partial charge in [0.05, 0.1) is 17.6 Å². The molecule has 2 heterocycles. The lowest BCUT2D eigenvalue weighted by Crippen LogP contribution is -2.40. The molecule has 2 atom stereocenters. The van der Waals surface area contributed by atoms with Crippen molar-refractivity contribution in [1.29, 1.82) is 0 Å². The highest BCUT2D eigenvalue weighted by Gasteiger charge is 2.19. The van der Waals surface area contributed by atoms with E-state index in [9.17, 15) is 0 Å². The maximum Gasteiger partial charge on any atom is 0.0569 e. The fourth-order valence-corrected chi connectivity index (χ4v) is 2.96. The number of rotatable bonds is 2. The number of hydrogen-bond donors (Lipinski definition) is 1. The van der Waals surface area contributed by atoms with Gasteiger partial charge in [-0.3, -0.25) is 4.98 Å². The van der Waals surface area contributed by atoms with E-state index >= 15 is 0 Å². The number of pyridine rings is 1. The predicted octanol–water partition coefficient (Wildman–Crippen LogP) is 2.04. The maximum absolute atomic E-state index is 5.79. The number of aromatic nitrogens is 1. The summed E-state index contributed by atoms with van der Waals surface area (Å²) in [5, 5.41) is 0. The molecule has 1 aliphatic heterocycles. The summed E-state index contributed by atoms with van der Waals surface area (Å²) >= 11 is 2.03. The van der Waals surface area contributed by atoms with Crippen LogP contribution in [0.15, 0.2) is 18.3 Å². The molecule has 1 saturated heterocycles. The molecule has 2 N–H and O–H groups in total. The van der Waals surface area contributed by atoms with Crippen LogP contribution in [0.4, 0.5) is 5.69 Å². The first kappa shape index (κ1) is 11.7. The number of anilines is 1. The third-order valence-corrected chi connectivity index (χ3v) is 4.13. The van der Waals surface area contributed by atoms with Gasteiger partial charge in [-0.2, -0.15) is 11.8 Å². The maximum atomic E-state index is 5.79. The average molecular weight is 237 g/mol. The summed E-state index contributed by atoms with van der Waals surface area (Å²) in [4.78, 5) is 6.84. The molecule has 1 fully saturated rings. The van der Waals surface area contributed by atoms with Crippen molar-refractivity contribution in [2.75, 3.05) is 23.0 Å². The summed E-state index contributed by atoms with van der Waals surface area (Å²) in [5.74, 6) is 2.41. The molecule has 0 bridgehead atoms. The summed E-state index contributed by atoms with van der Waals surface area (Å²) in [7, 11) is 0. The molecular weight excluding hydrogens is 218 g/mol. The van der Waals surface area contributed by atoms with Crippen molar-refractivity contribution >= 4 is 17.4 Å². The van der Waals surface area contributed by atoms with Crippen LogP contribution in [0.2, 0.25) is 0 Å². The van der Waals surface area contributed by atoms with E-state index in [0.717, 1.165) is 12.2 Å². The molecule has 0 radical (unpaired) electrons. The Morgan fingerprint density at radius 1 is 1.56 bits per heavy atom. The first-order chi connectivity index (χ1) is 7.68. The number of thioether (sulfide) groups is 1. The lowest BCUT2D eigenvalue weighted by molar-refractivity contribution is 0.696. The molecule has 88 valence electrons. The van der Waals surface area contributed by atoms with Crippen molar-refractivity contribution in [2.24, 2.45) is 5.73 Å². The van der Waals surface area contributed by atoms with Gasteiger partial charge in [0.2, 0.25) is 0 Å². The molecule has 3 nitrogen and oxygen atoms in total. The number of nitrogens with zero attached hydrogens (tertiary/aromatic N) is 2. The van der Waals surface area contributed by atoms with Crippen LogP contribution in [0.25, 0.3) is 0 Å². The van der Waals surface area contributed by atoms with Gasteiger partial charge in [0, 0.05) is 30.1 Å². The van der Waals surface area contributed by atoms with Crippen molar-refractivity contribution in [3.05, 3.63) is 24.0 Å². The molecule has 1 aromatic heterocycles. The Morgan fingerprint density at radius 3 is 2.94 bits per heavy atom. The minimum Gasteiger partial charge on any atom is -0.366 e. The Labute approximate surface area is 101 Å². The van der Waals surface area contributed by atoms with Crippen LogP contribution in [0, 0.1) is 0 Å². The monoisotopic (exact) mass is 237 g/mol. The third-order valence-electron chi connectivity index (χ3n) is 2.94. The largest absolute Gasteiger partial charge is 0.366 e. The van der Waals surface area contributed by atoms with Crippen molar-refractivity contribution in [3.8, 4) is 0 Å². The Balaban J connectivity index is 2.14. The Kier molecular flexibility index (Phi) is 3.71. The van der Waals surface area contributed by atoms with Crippen LogP contribution >= 0.6 is 11.8 Å². The molecule has 2 rings (SSSR count). The lowest BCUT2D eigenvalue weighted by atomic mass is 10.2. The summed E-state index contributed by atoms with van der Waals surface area (Å²) in [6.45, 7) is 5.35. The molecule has 0 spiro atoms. The van der Waals surface area contributed by atoms with Gasteiger partial charge >= 0.3 is 0 Å². The van der Waals surface area contributed by atoms with E-state index in [1.54, 1.807) is 0 Å². The molecule has 0 aromatic carbocycles. The van der Waals surface area contributed by atoms with Crippen LogP contribution in [-0.4, -0.2) is 29.1 Å². The second kappa shape index (κ2) is 5.06. The first-order valence-corrected chi connectivity index (χ1v) is 6.90. The molecule has 1 aliphatic rings. The zero-order chi connectivity index (χ0) is 11.5. The second-order valence-electron chi connectivity index (χ2n) is 4.35. The minimum absolute atomic E-state index is 0.0170. The molecule has 1 unspecified atom stereocenters. The van der Waals surface area contributed by atoms with Gasteiger partial charge in [-0.25, -0.2) is 0 Å². The molecule has 16 heavy (non-hydrogen) atoms. The van der Waals surface area contributed by atoms with Crippen LogP contribution < -0.4 is 10.6 Å². The van der Waals surface area contributed by atoms with E-state index in [2.05, 4.69) is 22.9 Å².